The number of nitrogens with two attached hydrogens (primary N) is 1. The van der Waals surface area contributed by atoms with Crippen LogP contribution in [0.5, 0.6) is 0 Å². The van der Waals surface area contributed by atoms with Crippen LogP contribution < -0.4 is 5.73 Å². The number of aliphatic hydroxyl groups excluding tert-OH is 1. The van der Waals surface area contributed by atoms with Gasteiger partial charge >= 0.3 is 0 Å². The molecular weight excluding hydrogens is 210 g/mol. The van der Waals surface area contributed by atoms with Crippen molar-refractivity contribution in [1.29, 1.82) is 0 Å². The van der Waals surface area contributed by atoms with Gasteiger partial charge in [0.05, 0.1) is 6.10 Å². The Morgan fingerprint density at radius 2 is 1.71 bits per heavy atom. The third kappa shape index (κ3) is 2.12. The van der Waals surface area contributed by atoms with Crippen LogP contribution in [0.3, 0.4) is 0 Å². The molecule has 0 spiro atoms. The highest BCUT2D eigenvalue weighted by Crippen LogP contribution is 2.44. The molecule has 2 heteroatoms. The summed E-state index contributed by atoms with van der Waals surface area (Å²) >= 11 is 0. The lowest BCUT2D eigenvalue weighted by molar-refractivity contribution is -0.0415. The van der Waals surface area contributed by atoms with Gasteiger partial charge in [0.25, 0.3) is 0 Å². The fraction of sp³-hybridized carbons (Fsp3) is 0.600. The molecule has 1 aliphatic carbocycles. The number of benzene rings is 1. The van der Waals surface area contributed by atoms with Crippen LogP contribution in [0.25, 0.3) is 0 Å². The lowest BCUT2D eigenvalue weighted by Gasteiger charge is -2.41. The number of hydrogen-bond acceptors (Lipinski definition) is 2. The molecule has 0 radical (unpaired) electrons. The molecule has 1 unspecified atom stereocenters. The van der Waals surface area contributed by atoms with Crippen LogP contribution >= 0.6 is 0 Å². The van der Waals surface area contributed by atoms with E-state index >= 15 is 0 Å². The standard InChI is InChI=1S/C15H23NO/c1-14(2,3)13(17)15(10-16)8-11-6-4-5-7-12(11)9-15/h4-7,13,17H,8-10,16H2,1-3H3. The number of hydrogen-bond donors (Lipinski definition) is 2. The molecule has 0 heterocycles. The summed E-state index contributed by atoms with van der Waals surface area (Å²) in [6, 6.07) is 8.44. The zero-order chi connectivity index (χ0) is 12.7. The van der Waals surface area contributed by atoms with E-state index in [0.29, 0.717) is 6.54 Å². The molecule has 0 bridgehead atoms. The molecule has 94 valence electrons. The Balaban J connectivity index is 2.32. The molecule has 0 saturated heterocycles. The summed E-state index contributed by atoms with van der Waals surface area (Å²) in [7, 11) is 0. The molecule has 1 aliphatic rings. The van der Waals surface area contributed by atoms with Gasteiger partial charge in [-0.2, -0.15) is 0 Å². The van der Waals surface area contributed by atoms with Crippen LogP contribution in [0.15, 0.2) is 24.3 Å². The van der Waals surface area contributed by atoms with E-state index in [2.05, 4.69) is 45.0 Å². The van der Waals surface area contributed by atoms with Crippen molar-refractivity contribution in [1.82, 2.24) is 0 Å². The van der Waals surface area contributed by atoms with Gasteiger partial charge in [-0.3, -0.25) is 0 Å². The first-order chi connectivity index (χ1) is 7.89. The quantitative estimate of drug-likeness (QED) is 0.822. The van der Waals surface area contributed by atoms with Gasteiger partial charge < -0.3 is 10.8 Å². The molecule has 0 aliphatic heterocycles. The smallest absolute Gasteiger partial charge is 0.0663 e. The minimum Gasteiger partial charge on any atom is -0.392 e. The van der Waals surface area contributed by atoms with Crippen LogP contribution in [0, 0.1) is 10.8 Å². The summed E-state index contributed by atoms with van der Waals surface area (Å²) in [6.45, 7) is 6.79. The molecule has 1 aromatic carbocycles. The molecule has 2 nitrogen and oxygen atoms in total. The van der Waals surface area contributed by atoms with Crippen molar-refractivity contribution in [2.75, 3.05) is 6.54 Å². The van der Waals surface area contributed by atoms with Gasteiger partial charge in [0.15, 0.2) is 0 Å². The van der Waals surface area contributed by atoms with E-state index in [1.165, 1.54) is 11.1 Å². The summed E-state index contributed by atoms with van der Waals surface area (Å²) < 4.78 is 0. The maximum atomic E-state index is 10.6. The third-order valence-electron chi connectivity index (χ3n) is 4.01. The Morgan fingerprint density at radius 3 is 2.06 bits per heavy atom. The summed E-state index contributed by atoms with van der Waals surface area (Å²) in [5.41, 5.74) is 8.38. The molecule has 2 rings (SSSR count). The highest BCUT2D eigenvalue weighted by molar-refractivity contribution is 5.35. The molecule has 3 N–H and O–H groups in total. The third-order valence-corrected chi connectivity index (χ3v) is 4.01. The summed E-state index contributed by atoms with van der Waals surface area (Å²) in [5, 5.41) is 10.6. The lowest BCUT2D eigenvalue weighted by atomic mass is 9.69. The van der Waals surface area contributed by atoms with Crippen LogP contribution in [0.4, 0.5) is 0 Å². The first-order valence-corrected chi connectivity index (χ1v) is 6.34. The summed E-state index contributed by atoms with van der Waals surface area (Å²) in [5.74, 6) is 0. The maximum absolute atomic E-state index is 10.6. The van der Waals surface area contributed by atoms with Crippen molar-refractivity contribution in [2.45, 2.75) is 39.7 Å². The Hall–Kier alpha value is -0.860. The zero-order valence-corrected chi connectivity index (χ0v) is 11.0. The van der Waals surface area contributed by atoms with Gasteiger partial charge in [-0.05, 0) is 29.4 Å². The largest absolute Gasteiger partial charge is 0.392 e. The summed E-state index contributed by atoms with van der Waals surface area (Å²) in [6.07, 6.45) is 1.43. The lowest BCUT2D eigenvalue weighted by Crippen LogP contribution is -2.49. The molecule has 1 aromatic rings. The van der Waals surface area contributed by atoms with Crippen LogP contribution in [0.2, 0.25) is 0 Å². The van der Waals surface area contributed by atoms with Crippen molar-refractivity contribution >= 4 is 0 Å². The van der Waals surface area contributed by atoms with Crippen molar-refractivity contribution in [3.63, 3.8) is 0 Å². The average molecular weight is 233 g/mol. The fourth-order valence-corrected chi connectivity index (χ4v) is 3.09. The van der Waals surface area contributed by atoms with Crippen LogP contribution in [0.1, 0.15) is 31.9 Å². The van der Waals surface area contributed by atoms with Gasteiger partial charge in [0, 0.05) is 12.0 Å². The number of rotatable bonds is 2. The first-order valence-electron chi connectivity index (χ1n) is 6.34. The molecular formula is C15H23NO. The molecule has 1 atom stereocenters. The van der Waals surface area contributed by atoms with E-state index in [4.69, 9.17) is 5.73 Å². The Bertz CT molecular complexity index is 381. The second kappa shape index (κ2) is 4.11. The van der Waals surface area contributed by atoms with Crippen LogP contribution in [-0.2, 0) is 12.8 Å². The highest BCUT2D eigenvalue weighted by Gasteiger charge is 2.46. The van der Waals surface area contributed by atoms with E-state index in [1.807, 2.05) is 0 Å². The Kier molecular flexibility index (Phi) is 3.04. The average Bonchev–Trinajstić information content (AvgIpc) is 2.66. The molecule has 0 aromatic heterocycles. The zero-order valence-electron chi connectivity index (χ0n) is 11.0. The number of fused-ring (bicyclic) bond motifs is 1. The molecule has 0 fully saturated rings. The van der Waals surface area contributed by atoms with Gasteiger partial charge in [-0.25, -0.2) is 0 Å². The van der Waals surface area contributed by atoms with Crippen molar-refractivity contribution < 1.29 is 5.11 Å². The van der Waals surface area contributed by atoms with E-state index in [0.717, 1.165) is 12.8 Å². The maximum Gasteiger partial charge on any atom is 0.0663 e. The second-order valence-electron chi connectivity index (χ2n) is 6.46. The fourth-order valence-electron chi connectivity index (χ4n) is 3.09. The highest BCUT2D eigenvalue weighted by atomic mass is 16.3. The number of aliphatic hydroxyl groups is 1. The van der Waals surface area contributed by atoms with E-state index in [9.17, 15) is 5.11 Å². The van der Waals surface area contributed by atoms with Gasteiger partial charge in [0.2, 0.25) is 0 Å². The normalized spacial score (nSPS) is 20.1. The summed E-state index contributed by atoms with van der Waals surface area (Å²) in [4.78, 5) is 0. The first kappa shape index (κ1) is 12.6. The van der Waals surface area contributed by atoms with Gasteiger partial charge in [-0.15, -0.1) is 0 Å². The van der Waals surface area contributed by atoms with Crippen LogP contribution in [-0.4, -0.2) is 17.8 Å². The van der Waals surface area contributed by atoms with Crippen molar-refractivity contribution in [2.24, 2.45) is 16.6 Å². The molecule has 17 heavy (non-hydrogen) atoms. The minimum absolute atomic E-state index is 0.124. The predicted molar refractivity (Wildman–Crippen MR) is 70.8 cm³/mol. The predicted octanol–water partition coefficient (Wildman–Crippen LogP) is 2.14. The minimum atomic E-state index is -0.368. The van der Waals surface area contributed by atoms with E-state index in [-0.39, 0.29) is 16.9 Å². The van der Waals surface area contributed by atoms with Gasteiger partial charge in [0.1, 0.15) is 0 Å². The topological polar surface area (TPSA) is 46.2 Å². The SMILES string of the molecule is CC(C)(C)C(O)C1(CN)Cc2ccccc2C1. The van der Waals surface area contributed by atoms with Gasteiger partial charge in [-0.1, -0.05) is 45.0 Å². The van der Waals surface area contributed by atoms with Crippen molar-refractivity contribution in [3.05, 3.63) is 35.4 Å². The Morgan fingerprint density at radius 1 is 1.24 bits per heavy atom. The monoisotopic (exact) mass is 233 g/mol. The molecule has 0 amide bonds. The Labute approximate surface area is 104 Å². The van der Waals surface area contributed by atoms with Crippen molar-refractivity contribution in [3.8, 4) is 0 Å². The molecule has 0 saturated carbocycles. The van der Waals surface area contributed by atoms with E-state index < -0.39 is 0 Å². The second-order valence-corrected chi connectivity index (χ2v) is 6.46. The van der Waals surface area contributed by atoms with E-state index in [1.54, 1.807) is 0 Å².